The molecule has 0 aliphatic carbocycles. The van der Waals surface area contributed by atoms with E-state index in [0.717, 1.165) is 32.7 Å². The maximum atomic E-state index is 12.0. The van der Waals surface area contributed by atoms with Crippen molar-refractivity contribution in [1.29, 1.82) is 0 Å². The number of urea groups is 1. The Labute approximate surface area is 148 Å². The van der Waals surface area contributed by atoms with Gasteiger partial charge in [0.2, 0.25) is 0 Å². The molecule has 0 bridgehead atoms. The average Bonchev–Trinajstić information content (AvgIpc) is 2.55. The molecular formula is C17H27N5O3. The van der Waals surface area contributed by atoms with E-state index in [2.05, 4.69) is 34.4 Å². The third-order valence-electron chi connectivity index (χ3n) is 4.43. The fourth-order valence-electron chi connectivity index (χ4n) is 2.92. The number of rotatable bonds is 6. The van der Waals surface area contributed by atoms with Crippen LogP contribution in [0.2, 0.25) is 0 Å². The van der Waals surface area contributed by atoms with E-state index in [0.29, 0.717) is 23.7 Å². The third-order valence-corrected chi connectivity index (χ3v) is 4.43. The van der Waals surface area contributed by atoms with Crippen molar-refractivity contribution in [1.82, 2.24) is 15.1 Å². The van der Waals surface area contributed by atoms with E-state index in [4.69, 9.17) is 0 Å². The molecule has 1 aromatic rings. The van der Waals surface area contributed by atoms with Crippen LogP contribution in [-0.4, -0.2) is 67.1 Å². The molecule has 1 saturated heterocycles. The van der Waals surface area contributed by atoms with Gasteiger partial charge in [0.05, 0.1) is 4.92 Å². The topological polar surface area (TPSA) is 90.8 Å². The van der Waals surface area contributed by atoms with E-state index in [1.54, 1.807) is 19.1 Å². The molecule has 1 heterocycles. The predicted molar refractivity (Wildman–Crippen MR) is 98.0 cm³/mol. The lowest BCUT2D eigenvalue weighted by atomic mass is 10.1. The minimum absolute atomic E-state index is 0.0479. The van der Waals surface area contributed by atoms with Gasteiger partial charge in [0.15, 0.2) is 0 Å². The Bertz CT molecular complexity index is 614. The van der Waals surface area contributed by atoms with Gasteiger partial charge in [0, 0.05) is 56.6 Å². The van der Waals surface area contributed by atoms with E-state index in [1.807, 2.05) is 0 Å². The number of nitrogens with one attached hydrogen (secondary N) is 2. The molecule has 0 saturated carbocycles. The highest BCUT2D eigenvalue weighted by atomic mass is 16.6. The second kappa shape index (κ2) is 8.77. The highest BCUT2D eigenvalue weighted by Crippen LogP contribution is 2.21. The first-order chi connectivity index (χ1) is 11.8. The largest absolute Gasteiger partial charge is 0.338 e. The monoisotopic (exact) mass is 349 g/mol. The number of hydrogen-bond acceptors (Lipinski definition) is 5. The van der Waals surface area contributed by atoms with Crippen LogP contribution in [0.5, 0.6) is 0 Å². The lowest BCUT2D eigenvalue weighted by molar-refractivity contribution is -0.385. The zero-order valence-electron chi connectivity index (χ0n) is 15.1. The Morgan fingerprint density at radius 1 is 1.32 bits per heavy atom. The van der Waals surface area contributed by atoms with Gasteiger partial charge >= 0.3 is 6.03 Å². The molecule has 0 radical (unpaired) electrons. The Balaban J connectivity index is 1.74. The number of nitrogens with zero attached hydrogens (tertiary/aromatic N) is 3. The van der Waals surface area contributed by atoms with Crippen molar-refractivity contribution < 1.29 is 9.72 Å². The zero-order valence-corrected chi connectivity index (χ0v) is 15.1. The van der Waals surface area contributed by atoms with Crippen LogP contribution in [-0.2, 0) is 0 Å². The Morgan fingerprint density at radius 3 is 2.60 bits per heavy atom. The summed E-state index contributed by atoms with van der Waals surface area (Å²) in [6, 6.07) is 4.25. The third kappa shape index (κ3) is 5.99. The first-order valence-electron chi connectivity index (χ1n) is 8.56. The van der Waals surface area contributed by atoms with E-state index in [-0.39, 0.29) is 11.7 Å². The molecule has 8 heteroatoms. The summed E-state index contributed by atoms with van der Waals surface area (Å²) in [5.41, 5.74) is 1.12. The number of carbonyl (C=O) groups excluding carboxylic acids is 1. The SMILES string of the molecule is Cc1cc(NC(=O)NC[C@@H](C)CN2CCN(C)CC2)ccc1[N+](=O)[O-]. The highest BCUT2D eigenvalue weighted by Gasteiger charge is 2.16. The van der Waals surface area contributed by atoms with E-state index in [9.17, 15) is 14.9 Å². The number of carbonyl (C=O) groups is 1. The Kier molecular flexibility index (Phi) is 6.72. The summed E-state index contributed by atoms with van der Waals surface area (Å²) in [5.74, 6) is 0.354. The number of likely N-dealkylation sites (N-methyl/N-ethyl adjacent to an activating group) is 1. The molecule has 25 heavy (non-hydrogen) atoms. The second-order valence-corrected chi connectivity index (χ2v) is 6.80. The van der Waals surface area contributed by atoms with Gasteiger partial charge in [0.25, 0.3) is 5.69 Å². The molecule has 2 rings (SSSR count). The van der Waals surface area contributed by atoms with Gasteiger partial charge in [-0.05, 0) is 32.0 Å². The molecular weight excluding hydrogens is 322 g/mol. The van der Waals surface area contributed by atoms with Gasteiger partial charge in [-0.1, -0.05) is 6.92 Å². The number of anilines is 1. The molecule has 1 aromatic carbocycles. The standard InChI is InChI=1S/C17H27N5O3/c1-13(12-21-8-6-20(3)7-9-21)11-18-17(23)19-15-4-5-16(22(24)25)14(2)10-15/h4-5,10,13H,6-9,11-12H2,1-3H3,(H2,18,19,23)/t13-/m1/s1. The first kappa shape index (κ1) is 19.1. The van der Waals surface area contributed by atoms with Gasteiger partial charge < -0.3 is 20.4 Å². The molecule has 2 amide bonds. The van der Waals surface area contributed by atoms with E-state index < -0.39 is 4.92 Å². The summed E-state index contributed by atoms with van der Waals surface area (Å²) in [7, 11) is 2.13. The average molecular weight is 349 g/mol. The minimum atomic E-state index is -0.431. The van der Waals surface area contributed by atoms with Crippen LogP contribution < -0.4 is 10.6 Å². The van der Waals surface area contributed by atoms with Gasteiger partial charge in [-0.3, -0.25) is 10.1 Å². The summed E-state index contributed by atoms with van der Waals surface area (Å²) in [6.45, 7) is 9.62. The molecule has 0 unspecified atom stereocenters. The van der Waals surface area contributed by atoms with Crippen molar-refractivity contribution in [3.05, 3.63) is 33.9 Å². The van der Waals surface area contributed by atoms with Gasteiger partial charge in [-0.25, -0.2) is 4.79 Å². The van der Waals surface area contributed by atoms with Gasteiger partial charge in [-0.2, -0.15) is 0 Å². The van der Waals surface area contributed by atoms with E-state index in [1.165, 1.54) is 6.07 Å². The molecule has 1 fully saturated rings. The summed E-state index contributed by atoms with van der Waals surface area (Å²) in [5, 5.41) is 16.4. The van der Waals surface area contributed by atoms with Gasteiger partial charge in [-0.15, -0.1) is 0 Å². The van der Waals surface area contributed by atoms with Crippen molar-refractivity contribution in [2.24, 2.45) is 5.92 Å². The first-order valence-corrected chi connectivity index (χ1v) is 8.56. The van der Waals surface area contributed by atoms with Crippen molar-refractivity contribution >= 4 is 17.4 Å². The highest BCUT2D eigenvalue weighted by molar-refractivity contribution is 5.89. The van der Waals surface area contributed by atoms with E-state index >= 15 is 0 Å². The lowest BCUT2D eigenvalue weighted by Gasteiger charge is -2.33. The second-order valence-electron chi connectivity index (χ2n) is 6.80. The quantitative estimate of drug-likeness (QED) is 0.605. The number of hydrogen-bond donors (Lipinski definition) is 2. The molecule has 1 aliphatic heterocycles. The predicted octanol–water partition coefficient (Wildman–Crippen LogP) is 1.91. The fraction of sp³-hybridized carbons (Fsp3) is 0.588. The van der Waals surface area contributed by atoms with Gasteiger partial charge in [0.1, 0.15) is 0 Å². The van der Waals surface area contributed by atoms with Crippen LogP contribution in [0.3, 0.4) is 0 Å². The smallest absolute Gasteiger partial charge is 0.319 e. The van der Waals surface area contributed by atoms with Crippen LogP contribution in [0.1, 0.15) is 12.5 Å². The summed E-state index contributed by atoms with van der Waals surface area (Å²) in [6.07, 6.45) is 0. The van der Waals surface area contributed by atoms with Crippen LogP contribution in [0.4, 0.5) is 16.2 Å². The number of benzene rings is 1. The van der Waals surface area contributed by atoms with Crippen molar-refractivity contribution in [3.63, 3.8) is 0 Å². The Morgan fingerprint density at radius 2 is 2.00 bits per heavy atom. The van der Waals surface area contributed by atoms with Crippen LogP contribution in [0.15, 0.2) is 18.2 Å². The summed E-state index contributed by atoms with van der Waals surface area (Å²) >= 11 is 0. The molecule has 0 spiro atoms. The van der Waals surface area contributed by atoms with Crippen molar-refractivity contribution in [2.45, 2.75) is 13.8 Å². The summed E-state index contributed by atoms with van der Waals surface area (Å²) < 4.78 is 0. The number of amides is 2. The number of piperazine rings is 1. The molecule has 0 aromatic heterocycles. The lowest BCUT2D eigenvalue weighted by Crippen LogP contribution is -2.47. The van der Waals surface area contributed by atoms with Crippen molar-refractivity contribution in [2.75, 3.05) is 51.6 Å². The molecule has 1 atom stereocenters. The summed E-state index contributed by atoms with van der Waals surface area (Å²) in [4.78, 5) is 27.1. The van der Waals surface area contributed by atoms with Crippen molar-refractivity contribution in [3.8, 4) is 0 Å². The Hall–Kier alpha value is -2.19. The zero-order chi connectivity index (χ0) is 18.4. The van der Waals surface area contributed by atoms with Crippen LogP contribution in [0, 0.1) is 23.0 Å². The fourth-order valence-corrected chi connectivity index (χ4v) is 2.92. The number of nitro benzene ring substituents is 1. The molecule has 138 valence electrons. The maximum Gasteiger partial charge on any atom is 0.319 e. The molecule has 2 N–H and O–H groups in total. The normalized spacial score (nSPS) is 17.1. The minimum Gasteiger partial charge on any atom is -0.338 e. The number of aryl methyl sites for hydroxylation is 1. The maximum absolute atomic E-state index is 12.0. The molecule has 8 nitrogen and oxygen atoms in total. The van der Waals surface area contributed by atoms with Crippen LogP contribution >= 0.6 is 0 Å². The molecule has 1 aliphatic rings. The van der Waals surface area contributed by atoms with Crippen LogP contribution in [0.25, 0.3) is 0 Å². The number of nitro groups is 1.